The second-order valence-corrected chi connectivity index (χ2v) is 13.9. The number of ether oxygens (including phenoxy) is 1. The summed E-state index contributed by atoms with van der Waals surface area (Å²) in [7, 11) is -16.7. The first-order chi connectivity index (χ1) is 16.6. The number of aromatic amines is 1. The molecule has 200 valence electrons. The molecule has 1 aliphatic heterocycles. The number of aromatic nitrogens is 2. The quantitative estimate of drug-likeness (QED) is 0.129. The van der Waals surface area contributed by atoms with Crippen LogP contribution in [0.15, 0.2) is 46.1 Å². The van der Waals surface area contributed by atoms with Crippen molar-refractivity contribution >= 4 is 42.9 Å². The Morgan fingerprint density at radius 3 is 2.36 bits per heavy atom. The first-order valence-corrected chi connectivity index (χ1v) is 16.4. The molecule has 20 heteroatoms. The minimum atomic E-state index is -5.70. The van der Waals surface area contributed by atoms with Crippen molar-refractivity contribution in [3.05, 3.63) is 62.9 Å². The van der Waals surface area contributed by atoms with E-state index in [2.05, 4.69) is 18.1 Å². The number of aliphatic hydroxyl groups is 1. The second kappa shape index (κ2) is 11.6. The number of phosphoric acid groups is 3. The summed E-state index contributed by atoms with van der Waals surface area (Å²) in [5.41, 5.74) is -1.09. The monoisotopic (exact) mass is 638 g/mol. The van der Waals surface area contributed by atoms with E-state index in [0.29, 0.717) is 10.9 Å². The summed E-state index contributed by atoms with van der Waals surface area (Å²) in [5, 5.41) is 10.6. The first kappa shape index (κ1) is 29.3. The van der Waals surface area contributed by atoms with E-state index in [9.17, 15) is 38.2 Å². The van der Waals surface area contributed by atoms with Crippen molar-refractivity contribution in [1.29, 1.82) is 0 Å². The zero-order valence-corrected chi connectivity index (χ0v) is 22.3. The number of rotatable bonds is 11. The Morgan fingerprint density at radius 1 is 1.06 bits per heavy atom. The maximum atomic E-state index is 12.3. The molecule has 1 aliphatic rings. The maximum absolute atomic E-state index is 12.3. The third-order valence-electron chi connectivity index (χ3n) is 4.51. The zero-order valence-electron chi connectivity index (χ0n) is 17.9. The van der Waals surface area contributed by atoms with Crippen molar-refractivity contribution < 1.29 is 56.3 Å². The number of hydrogen-bond donors (Lipinski definition) is 6. The average molecular weight is 637 g/mol. The SMILES string of the molecule is O=c1[nH]c(=O)n([C@H]2C[C@H](O)[C@@H](COP(=O)(O)OP(=O)(O)OP(=O)(O)O)O2)cc1C[Se]c1ccccc1. The van der Waals surface area contributed by atoms with Gasteiger partial charge >= 0.3 is 180 Å². The molecule has 2 aromatic rings. The van der Waals surface area contributed by atoms with Gasteiger partial charge in [0.25, 0.3) is 0 Å². The molecule has 0 amide bonds. The third-order valence-corrected chi connectivity index (χ3v) is 10.5. The van der Waals surface area contributed by atoms with Gasteiger partial charge in [-0.25, -0.2) is 9.13 Å². The van der Waals surface area contributed by atoms with Gasteiger partial charge in [-0.3, -0.25) is 0 Å². The molecule has 3 rings (SSSR count). The molecule has 0 saturated carbocycles. The van der Waals surface area contributed by atoms with Gasteiger partial charge in [-0.2, -0.15) is 4.31 Å². The summed E-state index contributed by atoms with van der Waals surface area (Å²) < 4.78 is 53.2. The fourth-order valence-electron chi connectivity index (χ4n) is 3.03. The summed E-state index contributed by atoms with van der Waals surface area (Å²) >= 11 is -0.110. The number of nitrogens with zero attached hydrogens (tertiary/aromatic N) is 1. The second-order valence-electron chi connectivity index (χ2n) is 7.24. The van der Waals surface area contributed by atoms with Crippen molar-refractivity contribution in [2.45, 2.75) is 30.2 Å². The van der Waals surface area contributed by atoms with Gasteiger partial charge < -0.3 is 14.7 Å². The molecule has 1 aromatic heterocycles. The summed E-state index contributed by atoms with van der Waals surface area (Å²) in [6, 6.07) is 9.39. The van der Waals surface area contributed by atoms with Gasteiger partial charge in [0, 0.05) is 0 Å². The molecule has 1 fully saturated rings. The Bertz CT molecular complexity index is 1330. The predicted octanol–water partition coefficient (Wildman–Crippen LogP) is -0.942. The molecular formula is C16H21N2O14P3Se. The molecule has 36 heavy (non-hydrogen) atoms. The van der Waals surface area contributed by atoms with Crippen LogP contribution in [0.1, 0.15) is 18.2 Å². The summed E-state index contributed by atoms with van der Waals surface area (Å²) in [6.07, 6.45) is -2.64. The molecule has 1 saturated heterocycles. The number of hydrogen-bond acceptors (Lipinski definition) is 10. The topological polar surface area (TPSA) is 244 Å². The first-order valence-electron chi connectivity index (χ1n) is 9.78. The third kappa shape index (κ3) is 8.66. The van der Waals surface area contributed by atoms with Gasteiger partial charge in [-0.1, -0.05) is 0 Å². The molecule has 2 unspecified atom stereocenters. The number of nitrogens with one attached hydrogen (secondary N) is 1. The minimum absolute atomic E-state index is 0.110. The summed E-state index contributed by atoms with van der Waals surface area (Å²) in [6.45, 7) is -0.885. The van der Waals surface area contributed by atoms with Crippen LogP contribution in [0.3, 0.4) is 0 Å². The number of benzene rings is 1. The van der Waals surface area contributed by atoms with Crippen LogP contribution in [0.4, 0.5) is 0 Å². The molecule has 5 atom stereocenters. The fraction of sp³-hybridized carbons (Fsp3) is 0.375. The molecule has 0 bridgehead atoms. The van der Waals surface area contributed by atoms with Crippen LogP contribution >= 0.6 is 23.5 Å². The van der Waals surface area contributed by atoms with E-state index >= 15 is 0 Å². The van der Waals surface area contributed by atoms with Crippen LogP contribution < -0.4 is 15.7 Å². The van der Waals surface area contributed by atoms with Crippen LogP contribution in [0.2, 0.25) is 0 Å². The average Bonchev–Trinajstić information content (AvgIpc) is 3.10. The molecule has 16 nitrogen and oxygen atoms in total. The standard InChI is InChI=1S/C16H21N2O14P3Se/c19-12-6-14(30-13(12)8-29-34(25,26)32-35(27,28)31-33(22,23)24)18-7-10(15(20)17-16(18)21)9-36-11-4-2-1-3-5-11/h1-5,7,12-14,19H,6,8-9H2,(H,25,26)(H,27,28)(H,17,20,21)(H2,22,23,24)/t12-,13+,14+/m0/s1. The van der Waals surface area contributed by atoms with Crippen molar-refractivity contribution in [3.8, 4) is 0 Å². The van der Waals surface area contributed by atoms with Crippen molar-refractivity contribution in [3.63, 3.8) is 0 Å². The molecule has 0 spiro atoms. The Labute approximate surface area is 208 Å². The van der Waals surface area contributed by atoms with Gasteiger partial charge in [0.05, 0.1) is 0 Å². The number of H-pyrrole nitrogens is 1. The van der Waals surface area contributed by atoms with Crippen LogP contribution in [-0.4, -0.2) is 68.0 Å². The van der Waals surface area contributed by atoms with E-state index in [1.165, 1.54) is 6.20 Å². The van der Waals surface area contributed by atoms with Crippen molar-refractivity contribution in [2.75, 3.05) is 6.61 Å². The van der Waals surface area contributed by atoms with Gasteiger partial charge in [0.1, 0.15) is 0 Å². The van der Waals surface area contributed by atoms with Crippen LogP contribution in [0.25, 0.3) is 0 Å². The van der Waals surface area contributed by atoms with E-state index in [1.54, 1.807) is 0 Å². The van der Waals surface area contributed by atoms with Crippen molar-refractivity contribution in [2.24, 2.45) is 0 Å². The van der Waals surface area contributed by atoms with Gasteiger partial charge in [0.2, 0.25) is 0 Å². The van der Waals surface area contributed by atoms with Crippen molar-refractivity contribution in [1.82, 2.24) is 9.55 Å². The Morgan fingerprint density at radius 2 is 1.72 bits per heavy atom. The Hall–Kier alpha value is -1.25. The van der Waals surface area contributed by atoms with E-state index in [-0.39, 0.29) is 21.4 Å². The number of aliphatic hydroxyl groups excluding tert-OH is 1. The molecule has 0 radical (unpaired) electrons. The molecule has 0 aliphatic carbocycles. The summed E-state index contributed by atoms with van der Waals surface area (Å²) in [4.78, 5) is 62.5. The van der Waals surface area contributed by atoms with E-state index in [1.807, 2.05) is 30.3 Å². The molecule has 1 aromatic carbocycles. The Kier molecular flexibility index (Phi) is 9.48. The number of phosphoric ester groups is 1. The van der Waals surface area contributed by atoms with Crippen LogP contribution in [-0.2, 0) is 36.9 Å². The molecule has 6 N–H and O–H groups in total. The van der Waals surface area contributed by atoms with E-state index in [4.69, 9.17) is 14.5 Å². The van der Waals surface area contributed by atoms with Gasteiger partial charge in [0.15, 0.2) is 0 Å². The normalized spacial score (nSPS) is 23.8. The fourth-order valence-corrected chi connectivity index (χ4v) is 7.90. The van der Waals surface area contributed by atoms with Gasteiger partial charge in [-0.05, 0) is 0 Å². The predicted molar refractivity (Wildman–Crippen MR) is 121 cm³/mol. The van der Waals surface area contributed by atoms with Crippen LogP contribution in [0, 0.1) is 0 Å². The molecular weight excluding hydrogens is 616 g/mol. The van der Waals surface area contributed by atoms with E-state index < -0.39 is 59.8 Å². The van der Waals surface area contributed by atoms with E-state index in [0.717, 1.165) is 9.03 Å². The van der Waals surface area contributed by atoms with Crippen LogP contribution in [0.5, 0.6) is 0 Å². The summed E-state index contributed by atoms with van der Waals surface area (Å²) in [5.74, 6) is 0. The Balaban J connectivity index is 1.65. The molecule has 2 heterocycles. The zero-order chi connectivity index (χ0) is 26.7. The van der Waals surface area contributed by atoms with Gasteiger partial charge in [-0.15, -0.1) is 0 Å².